The number of halogens is 1. The second-order valence-corrected chi connectivity index (χ2v) is 6.04. The normalized spacial score (nSPS) is 12.0. The molecule has 0 aromatic heterocycles. The molecule has 0 aliphatic carbocycles. The van der Waals surface area contributed by atoms with Crippen LogP contribution in [0.2, 0.25) is 0 Å². The first-order chi connectivity index (χ1) is 12.6. The average Bonchev–Trinajstić information content (AvgIpc) is 2.63. The van der Waals surface area contributed by atoms with Crippen LogP contribution < -0.4 is 16.0 Å². The molecule has 0 bridgehead atoms. The molecule has 0 heterocycles. The van der Waals surface area contributed by atoms with Gasteiger partial charge in [0.2, 0.25) is 0 Å². The summed E-state index contributed by atoms with van der Waals surface area (Å²) >= 11 is 0. The highest BCUT2D eigenvalue weighted by molar-refractivity contribution is 14.0. The summed E-state index contributed by atoms with van der Waals surface area (Å²) in [4.78, 5) is 14.8. The number of benzene rings is 1. The van der Waals surface area contributed by atoms with Crippen molar-refractivity contribution in [3.63, 3.8) is 0 Å². The van der Waals surface area contributed by atoms with E-state index in [1.165, 1.54) is 12.1 Å². The van der Waals surface area contributed by atoms with Gasteiger partial charge in [-0.25, -0.2) is 0 Å². The van der Waals surface area contributed by atoms with Crippen LogP contribution in [0.3, 0.4) is 0 Å². The maximum absolute atomic E-state index is 10.6. The van der Waals surface area contributed by atoms with E-state index in [-0.39, 0.29) is 36.3 Å². The average molecular weight is 493 g/mol. The van der Waals surface area contributed by atoms with Gasteiger partial charge >= 0.3 is 0 Å². The van der Waals surface area contributed by atoms with Gasteiger partial charge in [0, 0.05) is 50.6 Å². The molecule has 0 spiro atoms. The van der Waals surface area contributed by atoms with Crippen LogP contribution in [0.15, 0.2) is 29.3 Å². The molecule has 1 atom stereocenters. The maximum Gasteiger partial charge on any atom is 0.269 e. The van der Waals surface area contributed by atoms with E-state index in [4.69, 9.17) is 5.11 Å². The van der Waals surface area contributed by atoms with Crippen LogP contribution in [0.4, 0.5) is 11.4 Å². The Hall–Kier alpha value is -1.62. The van der Waals surface area contributed by atoms with Crippen molar-refractivity contribution < 1.29 is 10.0 Å². The van der Waals surface area contributed by atoms with E-state index in [0.29, 0.717) is 25.6 Å². The standard InChI is InChI=1S/C18H31N5O3.HI/c1-3-5-15(10-13-24)14-22-18(19-4-2)21-12-11-20-16-6-8-17(9-7-16)23(25)26;/h6-9,15,20,24H,3-5,10-14H2,1-2H3,(H2,19,21,22);1H. The third-order valence-corrected chi connectivity index (χ3v) is 3.91. The fourth-order valence-corrected chi connectivity index (χ4v) is 2.57. The minimum Gasteiger partial charge on any atom is -0.396 e. The lowest BCUT2D eigenvalue weighted by Crippen LogP contribution is -2.40. The van der Waals surface area contributed by atoms with Crippen LogP contribution >= 0.6 is 24.0 Å². The molecule has 8 nitrogen and oxygen atoms in total. The Balaban J connectivity index is 0.00000676. The van der Waals surface area contributed by atoms with Gasteiger partial charge in [-0.2, -0.15) is 0 Å². The Morgan fingerprint density at radius 2 is 1.89 bits per heavy atom. The lowest BCUT2D eigenvalue weighted by Gasteiger charge is -2.15. The Morgan fingerprint density at radius 3 is 2.44 bits per heavy atom. The third kappa shape index (κ3) is 11.0. The quantitative estimate of drug-likeness (QED) is 0.0890. The monoisotopic (exact) mass is 493 g/mol. The lowest BCUT2D eigenvalue weighted by molar-refractivity contribution is -0.384. The second kappa shape index (κ2) is 15.4. The highest BCUT2D eigenvalue weighted by Gasteiger charge is 2.07. The van der Waals surface area contributed by atoms with Gasteiger partial charge in [-0.15, -0.1) is 24.0 Å². The van der Waals surface area contributed by atoms with Gasteiger partial charge in [0.25, 0.3) is 5.69 Å². The van der Waals surface area contributed by atoms with Crippen LogP contribution in [0.1, 0.15) is 33.1 Å². The lowest BCUT2D eigenvalue weighted by atomic mass is 10.0. The van der Waals surface area contributed by atoms with Gasteiger partial charge in [-0.3, -0.25) is 15.1 Å². The Kier molecular flexibility index (Phi) is 14.5. The summed E-state index contributed by atoms with van der Waals surface area (Å²) in [7, 11) is 0. The van der Waals surface area contributed by atoms with Crippen molar-refractivity contribution in [1.29, 1.82) is 0 Å². The maximum atomic E-state index is 10.6. The zero-order valence-corrected chi connectivity index (χ0v) is 18.4. The molecule has 1 rings (SSSR count). The summed E-state index contributed by atoms with van der Waals surface area (Å²) in [6.45, 7) is 7.16. The molecule has 4 N–H and O–H groups in total. The minimum absolute atomic E-state index is 0. The first-order valence-corrected chi connectivity index (χ1v) is 9.22. The molecule has 0 saturated carbocycles. The number of nitro groups is 1. The topological polar surface area (TPSA) is 112 Å². The van der Waals surface area contributed by atoms with Crippen LogP contribution in [-0.2, 0) is 0 Å². The molecule has 1 aromatic rings. The van der Waals surface area contributed by atoms with Crippen molar-refractivity contribution in [1.82, 2.24) is 10.6 Å². The molecule has 0 fully saturated rings. The van der Waals surface area contributed by atoms with E-state index in [2.05, 4.69) is 27.9 Å². The zero-order chi connectivity index (χ0) is 19.2. The van der Waals surface area contributed by atoms with Crippen LogP contribution in [0.5, 0.6) is 0 Å². The Bertz CT molecular complexity index is 548. The van der Waals surface area contributed by atoms with Crippen molar-refractivity contribution in [3.05, 3.63) is 34.4 Å². The number of aliphatic hydroxyl groups excluding tert-OH is 1. The fraction of sp³-hybridized carbons (Fsp3) is 0.611. The van der Waals surface area contributed by atoms with E-state index in [0.717, 1.165) is 37.5 Å². The summed E-state index contributed by atoms with van der Waals surface area (Å²) in [6, 6.07) is 6.36. The fourth-order valence-electron chi connectivity index (χ4n) is 2.57. The molecule has 9 heteroatoms. The molecule has 0 amide bonds. The van der Waals surface area contributed by atoms with Crippen LogP contribution in [0, 0.1) is 16.0 Å². The molecule has 1 aromatic carbocycles. The number of non-ortho nitro benzene ring substituents is 1. The predicted octanol–water partition coefficient (Wildman–Crippen LogP) is 2.98. The van der Waals surface area contributed by atoms with Gasteiger partial charge in [-0.1, -0.05) is 13.3 Å². The third-order valence-electron chi connectivity index (χ3n) is 3.91. The van der Waals surface area contributed by atoms with Crippen molar-refractivity contribution in [2.75, 3.05) is 38.1 Å². The number of hydrogen-bond acceptors (Lipinski definition) is 5. The van der Waals surface area contributed by atoms with E-state index >= 15 is 0 Å². The van der Waals surface area contributed by atoms with Gasteiger partial charge in [0.05, 0.1) is 4.92 Å². The summed E-state index contributed by atoms with van der Waals surface area (Å²) in [5, 5.41) is 29.5. The molecular formula is C18H32IN5O3. The van der Waals surface area contributed by atoms with Gasteiger partial charge in [0.15, 0.2) is 5.96 Å². The number of hydrogen-bond donors (Lipinski definition) is 4. The number of nitrogens with one attached hydrogen (secondary N) is 3. The second-order valence-electron chi connectivity index (χ2n) is 6.04. The SMILES string of the molecule is CCCC(CCO)CN=C(NCC)NCCNc1ccc([N+](=O)[O-])cc1.I. The van der Waals surface area contributed by atoms with Crippen molar-refractivity contribution in [2.45, 2.75) is 33.1 Å². The molecule has 0 saturated heterocycles. The number of guanidine groups is 1. The molecule has 0 radical (unpaired) electrons. The van der Waals surface area contributed by atoms with Crippen molar-refractivity contribution >= 4 is 41.3 Å². The number of rotatable bonds is 12. The van der Waals surface area contributed by atoms with E-state index in [1.54, 1.807) is 12.1 Å². The van der Waals surface area contributed by atoms with E-state index in [1.807, 2.05) is 6.92 Å². The number of aliphatic imine (C=N–C) groups is 1. The van der Waals surface area contributed by atoms with Gasteiger partial charge < -0.3 is 21.1 Å². The summed E-state index contributed by atoms with van der Waals surface area (Å²) in [5.74, 6) is 1.16. The first-order valence-electron chi connectivity index (χ1n) is 9.22. The van der Waals surface area contributed by atoms with Crippen molar-refractivity contribution in [2.24, 2.45) is 10.9 Å². The minimum atomic E-state index is -0.410. The van der Waals surface area contributed by atoms with E-state index < -0.39 is 4.92 Å². The summed E-state index contributed by atoms with van der Waals surface area (Å²) in [6.07, 6.45) is 2.92. The molecule has 0 aliphatic heterocycles. The molecule has 1 unspecified atom stereocenters. The molecule has 27 heavy (non-hydrogen) atoms. The predicted molar refractivity (Wildman–Crippen MR) is 121 cm³/mol. The summed E-state index contributed by atoms with van der Waals surface area (Å²) < 4.78 is 0. The molecule has 0 aliphatic rings. The first kappa shape index (κ1) is 25.4. The van der Waals surface area contributed by atoms with Crippen molar-refractivity contribution in [3.8, 4) is 0 Å². The van der Waals surface area contributed by atoms with Crippen LogP contribution in [0.25, 0.3) is 0 Å². The number of nitrogens with zero attached hydrogens (tertiary/aromatic N) is 2. The number of nitro benzene ring substituents is 1. The highest BCUT2D eigenvalue weighted by atomic mass is 127. The summed E-state index contributed by atoms with van der Waals surface area (Å²) in [5.41, 5.74) is 0.921. The van der Waals surface area contributed by atoms with Crippen LogP contribution in [-0.4, -0.2) is 48.8 Å². The molecule has 154 valence electrons. The Labute approximate surface area is 178 Å². The Morgan fingerprint density at radius 1 is 1.19 bits per heavy atom. The zero-order valence-electron chi connectivity index (χ0n) is 16.1. The number of aliphatic hydroxyl groups is 1. The smallest absolute Gasteiger partial charge is 0.269 e. The number of anilines is 1. The van der Waals surface area contributed by atoms with Gasteiger partial charge in [-0.05, 0) is 37.8 Å². The van der Waals surface area contributed by atoms with E-state index in [9.17, 15) is 10.1 Å². The highest BCUT2D eigenvalue weighted by Crippen LogP contribution is 2.15. The van der Waals surface area contributed by atoms with Gasteiger partial charge in [0.1, 0.15) is 0 Å². The molecular weight excluding hydrogens is 461 g/mol. The largest absolute Gasteiger partial charge is 0.396 e.